The van der Waals surface area contributed by atoms with Gasteiger partial charge in [-0.3, -0.25) is 0 Å². The van der Waals surface area contributed by atoms with Gasteiger partial charge in [-0.15, -0.1) is 0 Å². The van der Waals surface area contributed by atoms with Crippen LogP contribution in [0.1, 0.15) is 10.5 Å². The second-order valence-electron chi connectivity index (χ2n) is 2.84. The van der Waals surface area contributed by atoms with E-state index < -0.39 is 27.5 Å². The standard InChI is InChI=1S/C8H6F3NO5S/c1-16-7(13)5-3-2-4-6(12-5)17-18(14,15)8(9,10)11/h2-4H,1H3. The van der Waals surface area contributed by atoms with E-state index in [1.807, 2.05) is 0 Å². The molecule has 10 heteroatoms. The molecule has 0 fully saturated rings. The molecule has 0 bridgehead atoms. The summed E-state index contributed by atoms with van der Waals surface area (Å²) in [5.41, 5.74) is -5.96. The highest BCUT2D eigenvalue weighted by Crippen LogP contribution is 2.25. The van der Waals surface area contributed by atoms with Crippen LogP contribution in [-0.2, 0) is 14.9 Å². The van der Waals surface area contributed by atoms with Crippen LogP contribution < -0.4 is 4.18 Å². The molecule has 6 nitrogen and oxygen atoms in total. The van der Waals surface area contributed by atoms with Gasteiger partial charge < -0.3 is 8.92 Å². The minimum absolute atomic E-state index is 0.382. The Hall–Kier alpha value is -1.84. The van der Waals surface area contributed by atoms with Crippen molar-refractivity contribution in [1.82, 2.24) is 4.98 Å². The molecule has 0 radical (unpaired) electrons. The van der Waals surface area contributed by atoms with Crippen LogP contribution in [0.5, 0.6) is 5.88 Å². The fraction of sp³-hybridized carbons (Fsp3) is 0.250. The number of carbonyl (C=O) groups is 1. The van der Waals surface area contributed by atoms with Crippen molar-refractivity contribution in [3.63, 3.8) is 0 Å². The largest absolute Gasteiger partial charge is 0.534 e. The molecular weight excluding hydrogens is 279 g/mol. The van der Waals surface area contributed by atoms with E-state index in [1.165, 1.54) is 0 Å². The second kappa shape index (κ2) is 4.80. The molecule has 0 aliphatic carbocycles. The van der Waals surface area contributed by atoms with Gasteiger partial charge in [-0.2, -0.15) is 21.6 Å². The predicted molar refractivity (Wildman–Crippen MR) is 51.2 cm³/mol. The van der Waals surface area contributed by atoms with Crippen molar-refractivity contribution in [2.45, 2.75) is 5.51 Å². The highest BCUT2D eigenvalue weighted by molar-refractivity contribution is 7.87. The lowest BCUT2D eigenvalue weighted by Gasteiger charge is -2.08. The van der Waals surface area contributed by atoms with E-state index in [0.717, 1.165) is 25.3 Å². The summed E-state index contributed by atoms with van der Waals surface area (Å²) in [6, 6.07) is 3.08. The molecule has 1 heterocycles. The maximum atomic E-state index is 12.0. The third-order valence-corrected chi connectivity index (χ3v) is 2.55. The molecule has 1 rings (SSSR count). The number of methoxy groups -OCH3 is 1. The Balaban J connectivity index is 3.04. The van der Waals surface area contributed by atoms with Crippen LogP contribution in [0.25, 0.3) is 0 Å². The molecule has 0 aliphatic heterocycles. The molecule has 0 saturated carbocycles. The number of ether oxygens (including phenoxy) is 1. The summed E-state index contributed by atoms with van der Waals surface area (Å²) in [5.74, 6) is -1.82. The molecular formula is C8H6F3NO5S. The molecule has 0 amide bonds. The number of hydrogen-bond acceptors (Lipinski definition) is 6. The topological polar surface area (TPSA) is 82.6 Å². The van der Waals surface area contributed by atoms with Crippen molar-refractivity contribution < 1.29 is 35.3 Å². The molecule has 1 aromatic heterocycles. The molecule has 18 heavy (non-hydrogen) atoms. The van der Waals surface area contributed by atoms with Gasteiger partial charge in [0.15, 0.2) is 5.69 Å². The molecule has 0 saturated heterocycles. The number of carbonyl (C=O) groups excluding carboxylic acids is 1. The van der Waals surface area contributed by atoms with Crippen molar-refractivity contribution in [2.75, 3.05) is 7.11 Å². The summed E-state index contributed by atoms with van der Waals surface area (Å²) >= 11 is 0. The van der Waals surface area contributed by atoms with E-state index in [-0.39, 0.29) is 5.69 Å². The number of esters is 1. The van der Waals surface area contributed by atoms with Crippen LogP contribution in [0.2, 0.25) is 0 Å². The lowest BCUT2D eigenvalue weighted by molar-refractivity contribution is -0.0501. The minimum atomic E-state index is -5.81. The number of rotatable bonds is 3. The van der Waals surface area contributed by atoms with Crippen LogP contribution in [-0.4, -0.2) is 32.0 Å². The summed E-state index contributed by atoms with van der Waals surface area (Å²) < 4.78 is 65.4. The van der Waals surface area contributed by atoms with Crippen LogP contribution in [0.15, 0.2) is 18.2 Å². The number of aromatic nitrogens is 1. The van der Waals surface area contributed by atoms with Gasteiger partial charge in [-0.25, -0.2) is 9.78 Å². The smallest absolute Gasteiger partial charge is 0.464 e. The number of nitrogens with zero attached hydrogens (tertiary/aromatic N) is 1. The van der Waals surface area contributed by atoms with Gasteiger partial charge in [0.1, 0.15) is 0 Å². The minimum Gasteiger partial charge on any atom is -0.464 e. The number of halogens is 3. The summed E-state index contributed by atoms with van der Waals surface area (Å²) in [6.45, 7) is 0. The molecule has 1 aromatic rings. The van der Waals surface area contributed by atoms with Crippen molar-refractivity contribution in [1.29, 1.82) is 0 Å². The lowest BCUT2D eigenvalue weighted by atomic mass is 10.3. The van der Waals surface area contributed by atoms with Gasteiger partial charge in [-0.05, 0) is 6.07 Å². The Labute approximate surface area is 99.5 Å². The Kier molecular flexibility index (Phi) is 3.79. The zero-order valence-electron chi connectivity index (χ0n) is 8.76. The number of hydrogen-bond donors (Lipinski definition) is 0. The van der Waals surface area contributed by atoms with Gasteiger partial charge in [0.05, 0.1) is 7.11 Å². The molecule has 0 aliphatic rings. The second-order valence-corrected chi connectivity index (χ2v) is 4.37. The normalized spacial score (nSPS) is 12.0. The first-order valence-electron chi connectivity index (χ1n) is 4.23. The highest BCUT2D eigenvalue weighted by Gasteiger charge is 2.48. The molecule has 0 spiro atoms. The Bertz CT molecular complexity index is 554. The molecule has 0 aromatic carbocycles. The van der Waals surface area contributed by atoms with Crippen LogP contribution in [0.4, 0.5) is 13.2 Å². The van der Waals surface area contributed by atoms with E-state index in [9.17, 15) is 26.4 Å². The number of pyridine rings is 1. The van der Waals surface area contributed by atoms with Crippen LogP contribution >= 0.6 is 0 Å². The Morgan fingerprint density at radius 2 is 1.94 bits per heavy atom. The predicted octanol–water partition coefficient (Wildman–Crippen LogP) is 1.10. The van der Waals surface area contributed by atoms with Gasteiger partial charge in [0.2, 0.25) is 5.88 Å². The van der Waals surface area contributed by atoms with E-state index in [0.29, 0.717) is 0 Å². The molecule has 0 N–H and O–H groups in total. The average molecular weight is 285 g/mol. The molecule has 100 valence electrons. The van der Waals surface area contributed by atoms with Gasteiger partial charge in [0.25, 0.3) is 0 Å². The van der Waals surface area contributed by atoms with Crippen LogP contribution in [0.3, 0.4) is 0 Å². The lowest BCUT2D eigenvalue weighted by Crippen LogP contribution is -2.28. The first-order chi connectivity index (χ1) is 8.17. The fourth-order valence-electron chi connectivity index (χ4n) is 0.839. The van der Waals surface area contributed by atoms with E-state index in [2.05, 4.69) is 13.9 Å². The maximum Gasteiger partial charge on any atom is 0.534 e. The maximum absolute atomic E-state index is 12.0. The quantitative estimate of drug-likeness (QED) is 0.470. The van der Waals surface area contributed by atoms with Gasteiger partial charge in [0, 0.05) is 6.07 Å². The van der Waals surface area contributed by atoms with Crippen molar-refractivity contribution in [3.8, 4) is 5.88 Å². The van der Waals surface area contributed by atoms with E-state index in [1.54, 1.807) is 0 Å². The Morgan fingerprint density at radius 3 is 2.44 bits per heavy atom. The van der Waals surface area contributed by atoms with Crippen molar-refractivity contribution in [2.24, 2.45) is 0 Å². The third-order valence-electron chi connectivity index (χ3n) is 1.60. The first kappa shape index (κ1) is 14.2. The zero-order chi connectivity index (χ0) is 14.0. The third kappa shape index (κ3) is 3.09. The molecule has 0 unspecified atom stereocenters. The highest BCUT2D eigenvalue weighted by atomic mass is 32.2. The van der Waals surface area contributed by atoms with E-state index >= 15 is 0 Å². The SMILES string of the molecule is COC(=O)c1cccc(OS(=O)(=O)C(F)(F)F)n1. The summed E-state index contributed by atoms with van der Waals surface area (Å²) in [6.07, 6.45) is 0. The number of alkyl halides is 3. The van der Waals surface area contributed by atoms with E-state index in [4.69, 9.17) is 0 Å². The summed E-state index contributed by atoms with van der Waals surface area (Å²) in [7, 11) is -4.78. The first-order valence-corrected chi connectivity index (χ1v) is 5.64. The summed E-state index contributed by atoms with van der Waals surface area (Å²) in [5, 5.41) is 0. The zero-order valence-corrected chi connectivity index (χ0v) is 9.58. The Morgan fingerprint density at radius 1 is 1.33 bits per heavy atom. The summed E-state index contributed by atoms with van der Waals surface area (Å²) in [4.78, 5) is 14.3. The van der Waals surface area contributed by atoms with Crippen molar-refractivity contribution in [3.05, 3.63) is 23.9 Å². The van der Waals surface area contributed by atoms with Gasteiger partial charge >= 0.3 is 21.6 Å². The van der Waals surface area contributed by atoms with Gasteiger partial charge in [-0.1, -0.05) is 6.07 Å². The average Bonchev–Trinajstić information content (AvgIpc) is 2.26. The fourth-order valence-corrected chi connectivity index (χ4v) is 1.25. The van der Waals surface area contributed by atoms with Crippen molar-refractivity contribution >= 4 is 16.1 Å². The molecule has 0 atom stereocenters. The monoisotopic (exact) mass is 285 g/mol. The van der Waals surface area contributed by atoms with Crippen LogP contribution in [0, 0.1) is 0 Å².